The maximum atomic E-state index is 11.0. The molecule has 1 amide bonds. The predicted molar refractivity (Wildman–Crippen MR) is 51.4 cm³/mol. The molecule has 4 nitrogen and oxygen atoms in total. The number of cyclic esters (lactones) is 1. The zero-order valence-corrected chi connectivity index (χ0v) is 8.62. The van der Waals surface area contributed by atoms with Crippen LogP contribution in [-0.2, 0) is 9.84 Å². The van der Waals surface area contributed by atoms with E-state index in [9.17, 15) is 9.90 Å². The van der Waals surface area contributed by atoms with Crippen LogP contribution < -0.4 is 5.32 Å². The molecule has 2 unspecified atom stereocenters. The SMILES string of the molecule is CC1CNC(=O)OCCCC1CC[O]. The first-order valence-electron chi connectivity index (χ1n) is 5.22. The second kappa shape index (κ2) is 5.86. The van der Waals surface area contributed by atoms with E-state index >= 15 is 0 Å². The lowest BCUT2D eigenvalue weighted by Crippen LogP contribution is -2.30. The largest absolute Gasteiger partial charge is 0.450 e. The van der Waals surface area contributed by atoms with E-state index in [4.69, 9.17) is 4.74 Å². The Morgan fingerprint density at radius 3 is 3.07 bits per heavy atom. The maximum absolute atomic E-state index is 11.0. The number of carbonyl (C=O) groups excluding carboxylic acids is 1. The first kappa shape index (κ1) is 11.3. The van der Waals surface area contributed by atoms with E-state index in [1.807, 2.05) is 0 Å². The summed E-state index contributed by atoms with van der Waals surface area (Å²) in [5.41, 5.74) is 0. The van der Waals surface area contributed by atoms with Gasteiger partial charge in [-0.1, -0.05) is 6.92 Å². The highest BCUT2D eigenvalue weighted by molar-refractivity contribution is 5.67. The Morgan fingerprint density at radius 2 is 2.36 bits per heavy atom. The van der Waals surface area contributed by atoms with Gasteiger partial charge in [-0.3, -0.25) is 0 Å². The van der Waals surface area contributed by atoms with Crippen LogP contribution in [0.3, 0.4) is 0 Å². The van der Waals surface area contributed by atoms with Crippen LogP contribution in [-0.4, -0.2) is 25.9 Å². The van der Waals surface area contributed by atoms with Crippen molar-refractivity contribution in [2.24, 2.45) is 11.8 Å². The Hall–Kier alpha value is -0.770. The molecule has 81 valence electrons. The zero-order valence-electron chi connectivity index (χ0n) is 8.62. The lowest BCUT2D eigenvalue weighted by Gasteiger charge is -2.21. The van der Waals surface area contributed by atoms with Gasteiger partial charge >= 0.3 is 6.09 Å². The van der Waals surface area contributed by atoms with Crippen LogP contribution in [0.2, 0.25) is 0 Å². The van der Waals surface area contributed by atoms with Gasteiger partial charge in [0.15, 0.2) is 0 Å². The molecule has 0 aromatic carbocycles. The molecule has 1 heterocycles. The van der Waals surface area contributed by atoms with Crippen molar-refractivity contribution in [3.63, 3.8) is 0 Å². The molecule has 4 heteroatoms. The topological polar surface area (TPSA) is 58.2 Å². The summed E-state index contributed by atoms with van der Waals surface area (Å²) in [6, 6.07) is 0. The molecule has 1 rings (SSSR count). The van der Waals surface area contributed by atoms with Gasteiger partial charge in [-0.2, -0.15) is 0 Å². The van der Waals surface area contributed by atoms with Crippen LogP contribution >= 0.6 is 0 Å². The minimum Gasteiger partial charge on any atom is -0.450 e. The van der Waals surface area contributed by atoms with Crippen molar-refractivity contribution in [1.82, 2.24) is 5.32 Å². The normalized spacial score (nSPS) is 29.4. The smallest absolute Gasteiger partial charge is 0.407 e. The van der Waals surface area contributed by atoms with Crippen LogP contribution in [0.4, 0.5) is 4.79 Å². The molecule has 0 aromatic heterocycles. The molecule has 0 aromatic rings. The first-order chi connectivity index (χ1) is 6.74. The zero-order chi connectivity index (χ0) is 10.4. The van der Waals surface area contributed by atoms with Crippen LogP contribution in [0, 0.1) is 11.8 Å². The first-order valence-corrected chi connectivity index (χ1v) is 5.22. The van der Waals surface area contributed by atoms with Crippen molar-refractivity contribution in [1.29, 1.82) is 0 Å². The van der Waals surface area contributed by atoms with E-state index in [1.54, 1.807) is 0 Å². The summed E-state index contributed by atoms with van der Waals surface area (Å²) in [5.74, 6) is 0.795. The summed E-state index contributed by atoms with van der Waals surface area (Å²) in [6.45, 7) is 3.13. The van der Waals surface area contributed by atoms with Crippen molar-refractivity contribution in [2.45, 2.75) is 26.2 Å². The van der Waals surface area contributed by atoms with Gasteiger partial charge in [-0.05, 0) is 31.1 Å². The van der Waals surface area contributed by atoms with E-state index in [1.165, 1.54) is 0 Å². The molecular weight excluding hydrogens is 182 g/mol. The second-order valence-corrected chi connectivity index (χ2v) is 3.89. The molecule has 1 saturated heterocycles. The van der Waals surface area contributed by atoms with E-state index in [-0.39, 0.29) is 12.7 Å². The third-order valence-electron chi connectivity index (χ3n) is 2.81. The predicted octanol–water partition coefficient (Wildman–Crippen LogP) is 1.58. The molecular formula is C10H18NO3. The van der Waals surface area contributed by atoms with Gasteiger partial charge in [0.1, 0.15) is 0 Å². The third-order valence-corrected chi connectivity index (χ3v) is 2.81. The van der Waals surface area contributed by atoms with Crippen LogP contribution in [0.15, 0.2) is 0 Å². The molecule has 0 saturated carbocycles. The Bertz CT molecular complexity index is 184. The summed E-state index contributed by atoms with van der Waals surface area (Å²) >= 11 is 0. The van der Waals surface area contributed by atoms with Crippen molar-refractivity contribution < 1.29 is 14.6 Å². The van der Waals surface area contributed by atoms with Crippen molar-refractivity contribution in [3.8, 4) is 0 Å². The lowest BCUT2D eigenvalue weighted by molar-refractivity contribution is 0.143. The van der Waals surface area contributed by atoms with Crippen molar-refractivity contribution in [3.05, 3.63) is 0 Å². The van der Waals surface area contributed by atoms with Gasteiger partial charge in [0, 0.05) is 6.54 Å². The van der Waals surface area contributed by atoms with E-state index in [0.29, 0.717) is 31.4 Å². The third kappa shape index (κ3) is 3.54. The standard InChI is InChI=1S/C10H18NO3/c1-8-7-11-10(13)14-6-2-3-9(8)4-5-12/h8-9H,2-7H2,1H3,(H,11,13). The molecule has 0 bridgehead atoms. The molecule has 0 aliphatic carbocycles. The summed E-state index contributed by atoms with van der Waals surface area (Å²) in [5, 5.41) is 13.3. The average molecular weight is 200 g/mol. The van der Waals surface area contributed by atoms with Gasteiger partial charge in [-0.15, -0.1) is 0 Å². The lowest BCUT2D eigenvalue weighted by atomic mass is 9.87. The molecule has 2 atom stereocenters. The molecule has 1 radical (unpaired) electrons. The fourth-order valence-corrected chi connectivity index (χ4v) is 1.84. The number of hydrogen-bond donors (Lipinski definition) is 1. The Labute approximate surface area is 84.6 Å². The molecule has 1 aliphatic heterocycles. The van der Waals surface area contributed by atoms with Gasteiger partial charge in [0.05, 0.1) is 13.2 Å². The van der Waals surface area contributed by atoms with Crippen molar-refractivity contribution in [2.75, 3.05) is 19.8 Å². The second-order valence-electron chi connectivity index (χ2n) is 3.89. The van der Waals surface area contributed by atoms with Gasteiger partial charge in [0.2, 0.25) is 0 Å². The number of nitrogens with one attached hydrogen (secondary N) is 1. The van der Waals surface area contributed by atoms with E-state index in [2.05, 4.69) is 12.2 Å². The highest BCUT2D eigenvalue weighted by Gasteiger charge is 2.19. The number of ether oxygens (including phenoxy) is 1. The van der Waals surface area contributed by atoms with Gasteiger partial charge in [-0.25, -0.2) is 9.90 Å². The fourth-order valence-electron chi connectivity index (χ4n) is 1.84. The summed E-state index contributed by atoms with van der Waals surface area (Å²) in [6.07, 6.45) is 2.22. The summed E-state index contributed by atoms with van der Waals surface area (Å²) < 4.78 is 4.91. The van der Waals surface area contributed by atoms with Crippen LogP contribution in [0.5, 0.6) is 0 Å². The quantitative estimate of drug-likeness (QED) is 0.735. The Kier molecular flexibility index (Phi) is 4.73. The molecule has 14 heavy (non-hydrogen) atoms. The molecule has 0 spiro atoms. The molecule has 1 aliphatic rings. The summed E-state index contributed by atoms with van der Waals surface area (Å²) in [4.78, 5) is 11.0. The maximum Gasteiger partial charge on any atom is 0.407 e. The Morgan fingerprint density at radius 1 is 1.57 bits per heavy atom. The van der Waals surface area contributed by atoms with Crippen molar-refractivity contribution >= 4 is 6.09 Å². The van der Waals surface area contributed by atoms with E-state index in [0.717, 1.165) is 12.8 Å². The number of rotatable bonds is 2. The van der Waals surface area contributed by atoms with Gasteiger partial charge in [0.25, 0.3) is 0 Å². The highest BCUT2D eigenvalue weighted by Crippen LogP contribution is 2.21. The van der Waals surface area contributed by atoms with Crippen LogP contribution in [0.1, 0.15) is 26.2 Å². The average Bonchev–Trinajstić information content (AvgIpc) is 2.24. The molecule has 1 fully saturated rings. The summed E-state index contributed by atoms with van der Waals surface area (Å²) in [7, 11) is 0. The number of hydrogen-bond acceptors (Lipinski definition) is 2. The number of alkyl carbamates (subject to hydrolysis) is 1. The Balaban J connectivity index is 2.45. The fraction of sp³-hybridized carbons (Fsp3) is 0.900. The van der Waals surface area contributed by atoms with Gasteiger partial charge < -0.3 is 10.1 Å². The number of carbonyl (C=O) groups is 1. The van der Waals surface area contributed by atoms with Crippen LogP contribution in [0.25, 0.3) is 0 Å². The highest BCUT2D eigenvalue weighted by atomic mass is 16.5. The minimum atomic E-state index is -0.334. The number of amides is 1. The van der Waals surface area contributed by atoms with E-state index < -0.39 is 0 Å². The minimum absolute atomic E-state index is 0.0240. The molecule has 1 N–H and O–H groups in total. The monoisotopic (exact) mass is 200 g/mol.